The molecule has 0 unspecified atom stereocenters. The molecule has 0 spiro atoms. The first-order valence-corrected chi connectivity index (χ1v) is 13.7. The summed E-state index contributed by atoms with van der Waals surface area (Å²) in [6.45, 7) is 4.42. The van der Waals surface area contributed by atoms with Crippen LogP contribution < -0.4 is 0 Å². The van der Waals surface area contributed by atoms with Crippen molar-refractivity contribution in [3.05, 3.63) is 119 Å². The molecule has 0 aromatic heterocycles. The fourth-order valence-corrected chi connectivity index (χ4v) is 8.48. The van der Waals surface area contributed by atoms with Gasteiger partial charge in [-0.2, -0.15) is 0 Å². The number of hydrogen-bond acceptors (Lipinski definition) is 3. The maximum Gasteiger partial charge on any atom is 0.195 e. The summed E-state index contributed by atoms with van der Waals surface area (Å²) < 4.78 is 16.6. The Labute approximate surface area is 194 Å². The molecule has 1 saturated heterocycles. The average Bonchev–Trinajstić information content (AvgIpc) is 2.86. The Balaban J connectivity index is 1.40. The monoisotopic (exact) mass is 458 g/mol. The third kappa shape index (κ3) is 4.84. The Kier molecular flexibility index (Phi) is 6.47. The Morgan fingerprint density at radius 2 is 1.12 bits per heavy atom. The van der Waals surface area contributed by atoms with Crippen molar-refractivity contribution in [2.45, 2.75) is 6.54 Å². The van der Waals surface area contributed by atoms with Crippen molar-refractivity contribution in [3.63, 3.8) is 0 Å². The first kappa shape index (κ1) is 21.5. The van der Waals surface area contributed by atoms with Gasteiger partial charge in [0.25, 0.3) is 0 Å². The number of nitrogens with zero attached hydrogens (tertiary/aromatic N) is 2. The summed E-state index contributed by atoms with van der Waals surface area (Å²) in [6, 6.07) is 31.3. The highest BCUT2D eigenvalue weighted by molar-refractivity contribution is 8.17. The summed E-state index contributed by atoms with van der Waals surface area (Å²) in [7, 11) is -2.78. The van der Waals surface area contributed by atoms with Gasteiger partial charge in [0.2, 0.25) is 0 Å². The lowest BCUT2D eigenvalue weighted by Gasteiger charge is -2.38. The van der Waals surface area contributed by atoms with E-state index in [-0.39, 0.29) is 0 Å². The van der Waals surface area contributed by atoms with Crippen molar-refractivity contribution in [1.82, 2.24) is 9.57 Å². The molecule has 5 rings (SSSR count). The quantitative estimate of drug-likeness (QED) is 0.391. The van der Waals surface area contributed by atoms with E-state index in [1.807, 2.05) is 48.0 Å². The summed E-state index contributed by atoms with van der Waals surface area (Å²) in [5.41, 5.74) is 3.59. The lowest BCUT2D eigenvalue weighted by Crippen LogP contribution is -2.43. The summed E-state index contributed by atoms with van der Waals surface area (Å²) in [5, 5.41) is 0. The van der Waals surface area contributed by atoms with Crippen LogP contribution in [0.1, 0.15) is 16.7 Å². The van der Waals surface area contributed by atoms with Gasteiger partial charge in [-0.25, -0.2) is 4.67 Å². The van der Waals surface area contributed by atoms with Crippen LogP contribution in [-0.4, -0.2) is 35.7 Å². The Hall–Kier alpha value is -2.36. The molecule has 3 aromatic rings. The molecule has 0 saturated carbocycles. The molecule has 1 fully saturated rings. The van der Waals surface area contributed by atoms with Crippen molar-refractivity contribution >= 4 is 28.9 Å². The van der Waals surface area contributed by atoms with E-state index < -0.39 is 7.29 Å². The zero-order valence-corrected chi connectivity index (χ0v) is 19.7. The molecule has 2 aliphatic heterocycles. The number of hydrogen-bond donors (Lipinski definition) is 0. The summed E-state index contributed by atoms with van der Waals surface area (Å²) in [6.07, 6.45) is 0. The smallest absolute Gasteiger partial charge is 0.195 e. The molecule has 2 heterocycles. The lowest BCUT2D eigenvalue weighted by molar-refractivity contribution is 0.182. The molecule has 0 N–H and O–H groups in total. The zero-order valence-electron chi connectivity index (χ0n) is 18.0. The number of rotatable bonds is 5. The SMILES string of the molecule is O=P1(N2CCN(Cc3ccccc3)CC2)C=C(c2ccccc2)SC(c2ccccc2)=C1. The standard InChI is InChI=1S/C27H27N2OPS/c30-31(29-18-16-28(17-19-29)20-23-10-4-1-5-11-23)21-26(24-12-6-2-7-13-24)32-27(22-31)25-14-8-3-9-15-25/h1-15,21-22H,16-20H2. The van der Waals surface area contributed by atoms with Gasteiger partial charge in [0.1, 0.15) is 0 Å². The van der Waals surface area contributed by atoms with Gasteiger partial charge in [-0.05, 0) is 16.7 Å². The molecule has 162 valence electrons. The van der Waals surface area contributed by atoms with E-state index in [4.69, 9.17) is 0 Å². The molecule has 5 heteroatoms. The normalized spacial score (nSPS) is 19.2. The van der Waals surface area contributed by atoms with E-state index in [1.165, 1.54) is 5.56 Å². The van der Waals surface area contributed by atoms with Crippen LogP contribution >= 0.6 is 19.1 Å². The molecular formula is C27H27N2OPS. The highest BCUT2D eigenvalue weighted by Crippen LogP contribution is 2.63. The van der Waals surface area contributed by atoms with E-state index >= 15 is 0 Å². The minimum absolute atomic E-state index is 0.811. The van der Waals surface area contributed by atoms with Gasteiger partial charge in [0, 0.05) is 54.2 Å². The van der Waals surface area contributed by atoms with Crippen molar-refractivity contribution in [1.29, 1.82) is 0 Å². The average molecular weight is 459 g/mol. The van der Waals surface area contributed by atoms with Crippen LogP contribution in [0.3, 0.4) is 0 Å². The van der Waals surface area contributed by atoms with Crippen molar-refractivity contribution in [2.24, 2.45) is 0 Å². The summed E-state index contributed by atoms with van der Waals surface area (Å²) >= 11 is 1.72. The first-order chi connectivity index (χ1) is 15.7. The largest absolute Gasteiger partial charge is 0.297 e. The van der Waals surface area contributed by atoms with Gasteiger partial charge in [0.05, 0.1) is 0 Å². The summed E-state index contributed by atoms with van der Waals surface area (Å²) in [5.74, 6) is 4.07. The van der Waals surface area contributed by atoms with Gasteiger partial charge in [0.15, 0.2) is 7.29 Å². The Bertz CT molecular complexity index is 1090. The Morgan fingerprint density at radius 3 is 1.62 bits per heavy atom. The van der Waals surface area contributed by atoms with E-state index in [2.05, 4.69) is 64.2 Å². The van der Waals surface area contributed by atoms with Crippen LogP contribution in [0, 0.1) is 0 Å². The molecule has 0 radical (unpaired) electrons. The second-order valence-electron chi connectivity index (χ2n) is 8.21. The zero-order chi connectivity index (χ0) is 21.8. The minimum Gasteiger partial charge on any atom is -0.297 e. The van der Waals surface area contributed by atoms with Crippen LogP contribution in [0.4, 0.5) is 0 Å². The van der Waals surface area contributed by atoms with Crippen LogP contribution in [0.2, 0.25) is 0 Å². The fourth-order valence-electron chi connectivity index (χ4n) is 4.23. The van der Waals surface area contributed by atoms with E-state index in [9.17, 15) is 4.57 Å². The maximum absolute atomic E-state index is 14.4. The fraction of sp³-hybridized carbons (Fsp3) is 0.185. The van der Waals surface area contributed by atoms with Gasteiger partial charge < -0.3 is 0 Å². The van der Waals surface area contributed by atoms with E-state index in [0.29, 0.717) is 0 Å². The molecule has 0 bridgehead atoms. The molecule has 3 aromatic carbocycles. The molecule has 3 nitrogen and oxygen atoms in total. The van der Waals surface area contributed by atoms with Crippen LogP contribution in [0.5, 0.6) is 0 Å². The van der Waals surface area contributed by atoms with Crippen molar-refractivity contribution in [3.8, 4) is 0 Å². The highest BCUT2D eigenvalue weighted by atomic mass is 32.2. The van der Waals surface area contributed by atoms with Crippen LogP contribution in [0.25, 0.3) is 9.81 Å². The second kappa shape index (κ2) is 9.64. The number of benzene rings is 3. The van der Waals surface area contributed by atoms with Gasteiger partial charge in [-0.3, -0.25) is 9.46 Å². The van der Waals surface area contributed by atoms with Crippen LogP contribution in [0.15, 0.2) is 103 Å². The van der Waals surface area contributed by atoms with Gasteiger partial charge in [-0.15, -0.1) is 0 Å². The van der Waals surface area contributed by atoms with Crippen molar-refractivity contribution in [2.75, 3.05) is 26.2 Å². The van der Waals surface area contributed by atoms with Crippen LogP contribution in [-0.2, 0) is 11.1 Å². The first-order valence-electron chi connectivity index (χ1n) is 11.1. The third-order valence-electron chi connectivity index (χ3n) is 5.98. The molecule has 2 aliphatic rings. The van der Waals surface area contributed by atoms with Gasteiger partial charge in [-0.1, -0.05) is 103 Å². The summed E-state index contributed by atoms with van der Waals surface area (Å²) in [4.78, 5) is 4.63. The Morgan fingerprint density at radius 1 is 0.656 bits per heavy atom. The highest BCUT2D eigenvalue weighted by Gasteiger charge is 2.34. The molecule has 32 heavy (non-hydrogen) atoms. The maximum atomic E-state index is 14.4. The molecule has 0 atom stereocenters. The number of thioether (sulfide) groups is 1. The predicted octanol–water partition coefficient (Wildman–Crippen LogP) is 6.83. The predicted molar refractivity (Wildman–Crippen MR) is 137 cm³/mol. The van der Waals surface area contributed by atoms with Crippen molar-refractivity contribution < 1.29 is 4.57 Å². The molecule has 0 aliphatic carbocycles. The van der Waals surface area contributed by atoms with E-state index in [0.717, 1.165) is 53.7 Å². The topological polar surface area (TPSA) is 23.6 Å². The second-order valence-corrected chi connectivity index (χ2v) is 11.7. The molecule has 0 amide bonds. The minimum atomic E-state index is -2.78. The third-order valence-corrected chi connectivity index (χ3v) is 10.0. The lowest BCUT2D eigenvalue weighted by atomic mass is 10.2. The van der Waals surface area contributed by atoms with E-state index in [1.54, 1.807) is 11.8 Å². The van der Waals surface area contributed by atoms with Gasteiger partial charge >= 0.3 is 0 Å². The number of piperazine rings is 1. The molecular weight excluding hydrogens is 431 g/mol.